The van der Waals surface area contributed by atoms with Gasteiger partial charge in [0.25, 0.3) is 5.91 Å². The number of piperidine rings is 1. The first kappa shape index (κ1) is 19.4. The van der Waals surface area contributed by atoms with Crippen LogP contribution in [0.3, 0.4) is 0 Å². The number of rotatable bonds is 6. The molecule has 1 amide bonds. The van der Waals surface area contributed by atoms with Gasteiger partial charge in [0.05, 0.1) is 13.7 Å². The number of hydrogen-bond acceptors (Lipinski definition) is 5. The summed E-state index contributed by atoms with van der Waals surface area (Å²) in [5, 5.41) is 9.70. The highest BCUT2D eigenvalue weighted by Gasteiger charge is 2.44. The maximum atomic E-state index is 13.2. The lowest BCUT2D eigenvalue weighted by Gasteiger charge is -2.39. The fraction of sp³-hybridized carbons (Fsp3) is 0.400. The van der Waals surface area contributed by atoms with Gasteiger partial charge in [-0.25, -0.2) is 0 Å². The third-order valence-corrected chi connectivity index (χ3v) is 6.06. The number of aliphatic carboxylic acids is 1. The second kappa shape index (κ2) is 8.10. The first-order valence-corrected chi connectivity index (χ1v) is 9.57. The molecule has 1 aromatic carbocycles. The number of carbonyl (C=O) groups excluding carboxylic acids is 1. The Kier molecular flexibility index (Phi) is 5.82. The first-order chi connectivity index (χ1) is 13.0. The minimum atomic E-state index is -1.06. The molecule has 1 aliphatic heterocycles. The van der Waals surface area contributed by atoms with Crippen LogP contribution in [0.1, 0.15) is 22.5 Å². The molecule has 2 aromatic rings. The van der Waals surface area contributed by atoms with Crippen LogP contribution in [0, 0.1) is 5.41 Å². The lowest BCUT2D eigenvalue weighted by atomic mass is 9.80. The minimum Gasteiger partial charge on any atom is -0.495 e. The Hall–Kier alpha value is -2.38. The van der Waals surface area contributed by atoms with Crippen molar-refractivity contribution in [1.29, 1.82) is 0 Å². The molecule has 0 saturated carbocycles. The van der Waals surface area contributed by atoms with E-state index in [1.54, 1.807) is 4.90 Å². The van der Waals surface area contributed by atoms with E-state index in [0.29, 0.717) is 30.0 Å². The molecule has 2 heterocycles. The standard InChI is InChI=1S/C20H23NO5S/c1-25-13-20(19(23)24)9-6-10-21(12-20)18(22)17-15(26-2)11-16(27-17)14-7-4-3-5-8-14/h3-5,7-8,11H,6,9-10,12-13H2,1-2H3,(H,23,24). The maximum Gasteiger partial charge on any atom is 0.313 e. The molecule has 27 heavy (non-hydrogen) atoms. The molecule has 144 valence electrons. The van der Waals surface area contributed by atoms with Crippen molar-refractivity contribution in [3.8, 4) is 16.2 Å². The van der Waals surface area contributed by atoms with E-state index >= 15 is 0 Å². The van der Waals surface area contributed by atoms with Gasteiger partial charge in [0.15, 0.2) is 0 Å². The van der Waals surface area contributed by atoms with Gasteiger partial charge in [0.2, 0.25) is 0 Å². The van der Waals surface area contributed by atoms with Crippen molar-refractivity contribution in [3.05, 3.63) is 41.3 Å². The number of ether oxygens (including phenoxy) is 2. The number of amides is 1. The molecule has 6 nitrogen and oxygen atoms in total. The smallest absolute Gasteiger partial charge is 0.313 e. The molecule has 1 N–H and O–H groups in total. The van der Waals surface area contributed by atoms with Crippen LogP contribution in [0.2, 0.25) is 0 Å². The zero-order valence-corrected chi connectivity index (χ0v) is 16.3. The van der Waals surface area contributed by atoms with Gasteiger partial charge in [0.1, 0.15) is 16.0 Å². The Morgan fingerprint density at radius 2 is 2.00 bits per heavy atom. The number of methoxy groups -OCH3 is 2. The van der Waals surface area contributed by atoms with Gasteiger partial charge in [-0.2, -0.15) is 0 Å². The van der Waals surface area contributed by atoms with Crippen molar-refractivity contribution >= 4 is 23.2 Å². The summed E-state index contributed by atoms with van der Waals surface area (Å²) >= 11 is 1.37. The van der Waals surface area contributed by atoms with E-state index in [4.69, 9.17) is 9.47 Å². The number of hydrogen-bond donors (Lipinski definition) is 1. The van der Waals surface area contributed by atoms with Gasteiger partial charge in [-0.3, -0.25) is 9.59 Å². The van der Waals surface area contributed by atoms with Crippen LogP contribution in [0.4, 0.5) is 0 Å². The summed E-state index contributed by atoms with van der Waals surface area (Å²) in [5.41, 5.74) is -0.0483. The fourth-order valence-electron chi connectivity index (χ4n) is 3.50. The summed E-state index contributed by atoms with van der Waals surface area (Å²) in [7, 11) is 3.02. The Bertz CT molecular complexity index is 815. The van der Waals surface area contributed by atoms with E-state index in [9.17, 15) is 14.7 Å². The van der Waals surface area contributed by atoms with Gasteiger partial charge in [-0.05, 0) is 24.5 Å². The van der Waals surface area contributed by atoms with Crippen LogP contribution in [-0.4, -0.2) is 55.8 Å². The monoisotopic (exact) mass is 389 g/mol. The molecule has 0 spiro atoms. The van der Waals surface area contributed by atoms with Gasteiger partial charge in [-0.1, -0.05) is 30.3 Å². The SMILES string of the molecule is COCC1(C(=O)O)CCCN(C(=O)c2sc(-c3ccccc3)cc2OC)C1. The average Bonchev–Trinajstić information content (AvgIpc) is 3.13. The van der Waals surface area contributed by atoms with Crippen molar-refractivity contribution in [3.63, 3.8) is 0 Å². The normalized spacial score (nSPS) is 19.7. The third-order valence-electron chi connectivity index (χ3n) is 4.91. The summed E-state index contributed by atoms with van der Waals surface area (Å²) < 4.78 is 10.6. The molecular formula is C20H23NO5S. The Morgan fingerprint density at radius 1 is 1.26 bits per heavy atom. The maximum absolute atomic E-state index is 13.2. The molecule has 1 saturated heterocycles. The van der Waals surface area contributed by atoms with E-state index in [0.717, 1.165) is 10.4 Å². The van der Waals surface area contributed by atoms with Crippen LogP contribution in [0.15, 0.2) is 36.4 Å². The van der Waals surface area contributed by atoms with Gasteiger partial charge >= 0.3 is 5.97 Å². The predicted molar refractivity (Wildman–Crippen MR) is 103 cm³/mol. The number of carbonyl (C=O) groups is 2. The number of likely N-dealkylation sites (tertiary alicyclic amines) is 1. The van der Waals surface area contributed by atoms with Crippen LogP contribution >= 0.6 is 11.3 Å². The number of carboxylic acids is 1. The highest BCUT2D eigenvalue weighted by atomic mass is 32.1. The second-order valence-corrected chi connectivity index (χ2v) is 7.78. The van der Waals surface area contributed by atoms with Crippen LogP contribution in [-0.2, 0) is 9.53 Å². The largest absolute Gasteiger partial charge is 0.495 e. The average molecular weight is 389 g/mol. The van der Waals surface area contributed by atoms with E-state index in [-0.39, 0.29) is 19.1 Å². The number of carboxylic acid groups (broad SMARTS) is 1. The van der Waals surface area contributed by atoms with Crippen LogP contribution in [0.5, 0.6) is 5.75 Å². The van der Waals surface area contributed by atoms with Crippen molar-refractivity contribution in [1.82, 2.24) is 4.90 Å². The van der Waals surface area contributed by atoms with Crippen LogP contribution < -0.4 is 4.74 Å². The number of thiophene rings is 1. The Labute approximate surface area is 162 Å². The zero-order chi connectivity index (χ0) is 19.4. The van der Waals surface area contributed by atoms with Crippen LogP contribution in [0.25, 0.3) is 10.4 Å². The summed E-state index contributed by atoms with van der Waals surface area (Å²) in [4.78, 5) is 28.0. The van der Waals surface area contributed by atoms with Gasteiger partial charge < -0.3 is 19.5 Å². The molecule has 1 aromatic heterocycles. The van der Waals surface area contributed by atoms with Crippen molar-refractivity contribution in [2.45, 2.75) is 12.8 Å². The van der Waals surface area contributed by atoms with Crippen molar-refractivity contribution in [2.24, 2.45) is 5.41 Å². The first-order valence-electron chi connectivity index (χ1n) is 8.75. The molecule has 7 heteroatoms. The topological polar surface area (TPSA) is 76.1 Å². The molecule has 0 bridgehead atoms. The van der Waals surface area contributed by atoms with Crippen molar-refractivity contribution in [2.75, 3.05) is 33.9 Å². The van der Waals surface area contributed by atoms with Gasteiger partial charge in [-0.15, -0.1) is 11.3 Å². The number of nitrogens with zero attached hydrogens (tertiary/aromatic N) is 1. The van der Waals surface area contributed by atoms with E-state index in [1.165, 1.54) is 25.6 Å². The Balaban J connectivity index is 1.89. The van der Waals surface area contributed by atoms with E-state index < -0.39 is 11.4 Å². The molecule has 1 aliphatic rings. The van der Waals surface area contributed by atoms with E-state index in [1.807, 2.05) is 36.4 Å². The molecule has 3 rings (SSSR count). The summed E-state index contributed by atoms with van der Waals surface area (Å²) in [6.07, 6.45) is 1.12. The highest BCUT2D eigenvalue weighted by molar-refractivity contribution is 7.17. The second-order valence-electron chi connectivity index (χ2n) is 6.72. The molecule has 1 fully saturated rings. The molecule has 0 radical (unpaired) electrons. The van der Waals surface area contributed by atoms with E-state index in [2.05, 4.69) is 0 Å². The lowest BCUT2D eigenvalue weighted by molar-refractivity contribution is -0.155. The summed E-state index contributed by atoms with van der Waals surface area (Å²) in [5.74, 6) is -0.604. The van der Waals surface area contributed by atoms with Gasteiger partial charge in [0, 0.05) is 25.1 Å². The summed E-state index contributed by atoms with van der Waals surface area (Å²) in [6, 6.07) is 11.6. The predicted octanol–water partition coefficient (Wildman–Crippen LogP) is 3.38. The third kappa shape index (κ3) is 3.84. The zero-order valence-electron chi connectivity index (χ0n) is 15.4. The molecular weight excluding hydrogens is 366 g/mol. The fourth-order valence-corrected chi connectivity index (χ4v) is 4.60. The Morgan fingerprint density at radius 3 is 2.63 bits per heavy atom. The minimum absolute atomic E-state index is 0.0863. The molecule has 1 unspecified atom stereocenters. The summed E-state index contributed by atoms with van der Waals surface area (Å²) in [6.45, 7) is 0.749. The quantitative estimate of drug-likeness (QED) is 0.820. The molecule has 1 atom stereocenters. The number of benzene rings is 1. The lowest BCUT2D eigenvalue weighted by Crippen LogP contribution is -2.52. The van der Waals surface area contributed by atoms with Crippen molar-refractivity contribution < 1.29 is 24.2 Å². The highest BCUT2D eigenvalue weighted by Crippen LogP contribution is 2.38. The molecule has 0 aliphatic carbocycles.